The number of hydrogen-bond acceptors (Lipinski definition) is 3. The molecule has 2 heterocycles. The van der Waals surface area contributed by atoms with Crippen LogP contribution in [-0.4, -0.2) is 23.6 Å². The third-order valence-electron chi connectivity index (χ3n) is 5.87. The van der Waals surface area contributed by atoms with Crippen molar-refractivity contribution in [2.24, 2.45) is 0 Å². The van der Waals surface area contributed by atoms with Crippen LogP contribution in [-0.2, 0) is 14.3 Å². The maximum Gasteiger partial charge on any atom is 0.340 e. The number of amides is 1. The molecular formula is C26H20Cl4N2O3. The zero-order valence-corrected chi connectivity index (χ0v) is 22.3. The van der Waals surface area contributed by atoms with Crippen molar-refractivity contribution < 1.29 is 14.3 Å². The lowest BCUT2D eigenvalue weighted by Crippen LogP contribution is -2.24. The second-order valence-corrected chi connectivity index (χ2v) is 9.66. The number of aryl methyl sites for hydroxylation is 1. The highest BCUT2D eigenvalue weighted by atomic mass is 35.5. The SMILES string of the molecule is COC(=O)C1=C(C)N(c2ccc(Cl)c(Cl)c2)C(=O)/C1=C\c1cc(C)n(-c2ccc(Cl)cc2Cl)c1C. The molecule has 5 nitrogen and oxygen atoms in total. The minimum atomic E-state index is -0.612. The number of esters is 1. The first kappa shape index (κ1) is 25.4. The molecule has 0 fully saturated rings. The first-order chi connectivity index (χ1) is 16.5. The summed E-state index contributed by atoms with van der Waals surface area (Å²) in [7, 11) is 1.28. The molecule has 0 saturated heterocycles. The van der Waals surface area contributed by atoms with Crippen LogP contribution in [0.1, 0.15) is 23.9 Å². The topological polar surface area (TPSA) is 51.5 Å². The molecule has 0 saturated carbocycles. The Kier molecular flexibility index (Phi) is 7.07. The number of nitrogens with zero attached hydrogens (tertiary/aromatic N) is 2. The lowest BCUT2D eigenvalue weighted by molar-refractivity contribution is -0.136. The molecule has 2 aromatic carbocycles. The zero-order chi connectivity index (χ0) is 25.6. The predicted molar refractivity (Wildman–Crippen MR) is 142 cm³/mol. The fourth-order valence-electron chi connectivity index (χ4n) is 4.24. The number of carbonyl (C=O) groups is 2. The number of benzene rings is 2. The summed E-state index contributed by atoms with van der Waals surface area (Å²) < 4.78 is 6.97. The second-order valence-electron chi connectivity index (χ2n) is 8.01. The van der Waals surface area contributed by atoms with Crippen molar-refractivity contribution in [3.8, 4) is 5.69 Å². The van der Waals surface area contributed by atoms with Gasteiger partial charge in [0.2, 0.25) is 0 Å². The highest BCUT2D eigenvalue weighted by molar-refractivity contribution is 6.42. The fourth-order valence-corrected chi connectivity index (χ4v) is 5.02. The van der Waals surface area contributed by atoms with Gasteiger partial charge in [-0.25, -0.2) is 4.79 Å². The molecule has 0 radical (unpaired) electrons. The van der Waals surface area contributed by atoms with E-state index >= 15 is 0 Å². The predicted octanol–water partition coefficient (Wildman–Crippen LogP) is 7.58. The van der Waals surface area contributed by atoms with Gasteiger partial charge in [-0.1, -0.05) is 46.4 Å². The molecule has 35 heavy (non-hydrogen) atoms. The molecule has 4 rings (SSSR count). The van der Waals surface area contributed by atoms with Crippen molar-refractivity contribution in [3.63, 3.8) is 0 Å². The Bertz CT molecular complexity index is 1450. The summed E-state index contributed by atoms with van der Waals surface area (Å²) in [5.74, 6) is -0.991. The molecule has 180 valence electrons. The highest BCUT2D eigenvalue weighted by Gasteiger charge is 2.38. The number of ether oxygens (including phenoxy) is 1. The van der Waals surface area contributed by atoms with Crippen molar-refractivity contribution in [1.29, 1.82) is 0 Å². The van der Waals surface area contributed by atoms with Gasteiger partial charge in [-0.2, -0.15) is 0 Å². The molecule has 1 aromatic heterocycles. The lowest BCUT2D eigenvalue weighted by Gasteiger charge is -2.18. The quantitative estimate of drug-likeness (QED) is 0.249. The van der Waals surface area contributed by atoms with Crippen LogP contribution >= 0.6 is 46.4 Å². The molecule has 0 spiro atoms. The van der Waals surface area contributed by atoms with Crippen molar-refractivity contribution >= 4 is 70.0 Å². The van der Waals surface area contributed by atoms with Gasteiger partial charge in [0.25, 0.3) is 5.91 Å². The van der Waals surface area contributed by atoms with E-state index in [0.29, 0.717) is 31.5 Å². The molecule has 1 aliphatic rings. The number of allylic oxidation sites excluding steroid dienone is 1. The van der Waals surface area contributed by atoms with Crippen LogP contribution in [0.3, 0.4) is 0 Å². The Balaban J connectivity index is 1.86. The van der Waals surface area contributed by atoms with E-state index in [1.54, 1.807) is 43.3 Å². The third kappa shape index (κ3) is 4.50. The lowest BCUT2D eigenvalue weighted by atomic mass is 10.0. The summed E-state index contributed by atoms with van der Waals surface area (Å²) in [5, 5.41) is 1.68. The average Bonchev–Trinajstić information content (AvgIpc) is 3.21. The Morgan fingerprint density at radius 3 is 2.26 bits per heavy atom. The Morgan fingerprint density at radius 2 is 1.63 bits per heavy atom. The van der Waals surface area contributed by atoms with Crippen LogP contribution in [0.2, 0.25) is 20.1 Å². The molecule has 0 unspecified atom stereocenters. The summed E-state index contributed by atoms with van der Waals surface area (Å²) >= 11 is 24.8. The van der Waals surface area contributed by atoms with Crippen LogP contribution in [0.25, 0.3) is 11.8 Å². The van der Waals surface area contributed by atoms with Gasteiger partial charge in [0, 0.05) is 22.1 Å². The Hall–Kier alpha value is -2.70. The summed E-state index contributed by atoms with van der Waals surface area (Å²) in [4.78, 5) is 27.8. The van der Waals surface area contributed by atoms with Gasteiger partial charge in [-0.15, -0.1) is 0 Å². The van der Waals surface area contributed by atoms with E-state index in [-0.39, 0.29) is 17.1 Å². The first-order valence-electron chi connectivity index (χ1n) is 10.5. The number of halogens is 4. The van der Waals surface area contributed by atoms with Gasteiger partial charge in [0.15, 0.2) is 0 Å². The van der Waals surface area contributed by atoms with Crippen LogP contribution in [0.5, 0.6) is 0 Å². The van der Waals surface area contributed by atoms with E-state index in [1.807, 2.05) is 30.5 Å². The van der Waals surface area contributed by atoms with Crippen LogP contribution in [0, 0.1) is 13.8 Å². The van der Waals surface area contributed by atoms with Crippen molar-refractivity contribution in [2.45, 2.75) is 20.8 Å². The Morgan fingerprint density at radius 1 is 0.914 bits per heavy atom. The average molecular weight is 550 g/mol. The molecule has 3 aromatic rings. The molecule has 0 bridgehead atoms. The van der Waals surface area contributed by atoms with Gasteiger partial charge in [-0.3, -0.25) is 9.69 Å². The first-order valence-corrected chi connectivity index (χ1v) is 12.0. The number of carbonyl (C=O) groups excluding carboxylic acids is 2. The number of rotatable bonds is 4. The van der Waals surface area contributed by atoms with Crippen LogP contribution < -0.4 is 4.90 Å². The van der Waals surface area contributed by atoms with E-state index in [0.717, 1.165) is 22.6 Å². The molecule has 1 amide bonds. The summed E-state index contributed by atoms with van der Waals surface area (Å²) in [6, 6.07) is 12.0. The molecular weight excluding hydrogens is 530 g/mol. The third-order valence-corrected chi connectivity index (χ3v) is 7.15. The van der Waals surface area contributed by atoms with Crippen molar-refractivity contribution in [3.05, 3.63) is 96.3 Å². The van der Waals surface area contributed by atoms with Gasteiger partial charge >= 0.3 is 5.97 Å². The molecule has 0 N–H and O–H groups in total. The van der Waals surface area contributed by atoms with E-state index in [1.165, 1.54) is 12.0 Å². The summed E-state index contributed by atoms with van der Waals surface area (Å²) in [6.07, 6.45) is 1.69. The number of aromatic nitrogens is 1. The van der Waals surface area contributed by atoms with E-state index < -0.39 is 5.97 Å². The van der Waals surface area contributed by atoms with Gasteiger partial charge in [0.05, 0.1) is 44.7 Å². The number of hydrogen-bond donors (Lipinski definition) is 0. The molecule has 9 heteroatoms. The minimum absolute atomic E-state index is 0.179. The van der Waals surface area contributed by atoms with Crippen LogP contribution in [0.15, 0.2) is 59.3 Å². The normalized spacial score (nSPS) is 14.9. The molecule has 0 aliphatic carbocycles. The standard InChI is InChI=1S/C26H20Cl4N2O3/c1-13-9-16(14(2)31(13)23-8-5-17(27)11-22(23)30)10-19-24(26(34)35-4)15(3)32(25(19)33)18-6-7-20(28)21(29)12-18/h5-12H,1-4H3/b19-10-. The molecule has 0 atom stereocenters. The largest absolute Gasteiger partial charge is 0.465 e. The summed E-state index contributed by atoms with van der Waals surface area (Å²) in [6.45, 7) is 5.53. The maximum absolute atomic E-state index is 13.6. The van der Waals surface area contributed by atoms with Crippen molar-refractivity contribution in [2.75, 3.05) is 12.0 Å². The minimum Gasteiger partial charge on any atom is -0.465 e. The fraction of sp³-hybridized carbons (Fsp3) is 0.154. The second kappa shape index (κ2) is 9.75. The Labute approximate surface area is 223 Å². The highest BCUT2D eigenvalue weighted by Crippen LogP contribution is 2.38. The van der Waals surface area contributed by atoms with Crippen LogP contribution in [0.4, 0.5) is 5.69 Å². The van der Waals surface area contributed by atoms with Crippen molar-refractivity contribution in [1.82, 2.24) is 4.57 Å². The monoisotopic (exact) mass is 548 g/mol. The van der Waals surface area contributed by atoms with Gasteiger partial charge in [-0.05, 0) is 74.9 Å². The van der Waals surface area contributed by atoms with Gasteiger partial charge < -0.3 is 9.30 Å². The van der Waals surface area contributed by atoms with E-state index in [2.05, 4.69) is 0 Å². The molecule has 1 aliphatic heterocycles. The number of anilines is 1. The summed E-state index contributed by atoms with van der Waals surface area (Å²) in [5.41, 5.74) is 4.55. The zero-order valence-electron chi connectivity index (χ0n) is 19.2. The van der Waals surface area contributed by atoms with E-state index in [9.17, 15) is 9.59 Å². The smallest absolute Gasteiger partial charge is 0.340 e. The van der Waals surface area contributed by atoms with Gasteiger partial charge in [0.1, 0.15) is 0 Å². The number of methoxy groups -OCH3 is 1. The van der Waals surface area contributed by atoms with E-state index in [4.69, 9.17) is 51.1 Å². The maximum atomic E-state index is 13.6.